The van der Waals surface area contributed by atoms with Crippen LogP contribution >= 0.6 is 0 Å². The molecule has 144 valence electrons. The van der Waals surface area contributed by atoms with Crippen molar-refractivity contribution in [3.63, 3.8) is 0 Å². The van der Waals surface area contributed by atoms with Crippen LogP contribution in [-0.2, 0) is 12.0 Å². The van der Waals surface area contributed by atoms with Crippen molar-refractivity contribution >= 4 is 0 Å². The van der Waals surface area contributed by atoms with Gasteiger partial charge in [-0.05, 0) is 54.1 Å². The maximum absolute atomic E-state index is 10.4. The van der Waals surface area contributed by atoms with Crippen LogP contribution in [0.5, 0.6) is 23.0 Å². The summed E-state index contributed by atoms with van der Waals surface area (Å²) in [5, 5.41) is 20.6. The van der Waals surface area contributed by atoms with Crippen molar-refractivity contribution in [2.75, 3.05) is 13.3 Å². The molecule has 2 aliphatic rings. The number of phenolic OH excluding ortho intramolecular Hbond substituents is 2. The highest BCUT2D eigenvalue weighted by Crippen LogP contribution is 2.41. The van der Waals surface area contributed by atoms with E-state index in [9.17, 15) is 10.2 Å². The molecule has 0 aromatic heterocycles. The van der Waals surface area contributed by atoms with E-state index in [0.717, 1.165) is 42.0 Å². The monoisotopic (exact) mass is 369 g/mol. The third kappa shape index (κ3) is 3.44. The van der Waals surface area contributed by atoms with E-state index in [1.54, 1.807) is 6.07 Å². The topological polar surface area (TPSA) is 62.2 Å². The first kappa shape index (κ1) is 18.0. The number of likely N-dealkylation sites (tertiary alicyclic amines) is 1. The van der Waals surface area contributed by atoms with Crippen molar-refractivity contribution in [2.45, 2.75) is 51.6 Å². The predicted molar refractivity (Wildman–Crippen MR) is 103 cm³/mol. The van der Waals surface area contributed by atoms with E-state index in [1.807, 2.05) is 12.1 Å². The van der Waals surface area contributed by atoms with Gasteiger partial charge in [-0.2, -0.15) is 0 Å². The summed E-state index contributed by atoms with van der Waals surface area (Å²) in [6, 6.07) is 10.1. The molecule has 1 unspecified atom stereocenters. The molecule has 0 amide bonds. The lowest BCUT2D eigenvalue weighted by Gasteiger charge is -2.27. The Labute approximate surface area is 160 Å². The Hall–Kier alpha value is -2.40. The van der Waals surface area contributed by atoms with Gasteiger partial charge in [0, 0.05) is 18.2 Å². The number of phenols is 2. The van der Waals surface area contributed by atoms with Gasteiger partial charge in [-0.1, -0.05) is 32.9 Å². The molecule has 2 N–H and O–H groups in total. The lowest BCUT2D eigenvalue weighted by atomic mass is 9.85. The zero-order chi connectivity index (χ0) is 19.2. The second-order valence-electron chi connectivity index (χ2n) is 8.49. The van der Waals surface area contributed by atoms with Gasteiger partial charge in [0.25, 0.3) is 0 Å². The van der Waals surface area contributed by atoms with Crippen LogP contribution in [0.1, 0.15) is 56.3 Å². The van der Waals surface area contributed by atoms with E-state index in [4.69, 9.17) is 9.47 Å². The Morgan fingerprint density at radius 3 is 2.63 bits per heavy atom. The van der Waals surface area contributed by atoms with Gasteiger partial charge in [-0.15, -0.1) is 0 Å². The minimum Gasteiger partial charge on any atom is -0.504 e. The Kier molecular flexibility index (Phi) is 4.42. The minimum atomic E-state index is -0.0956. The second-order valence-corrected chi connectivity index (χ2v) is 8.49. The molecular weight excluding hydrogens is 342 g/mol. The van der Waals surface area contributed by atoms with Crippen LogP contribution < -0.4 is 9.47 Å². The molecule has 2 aromatic carbocycles. The SMILES string of the molecule is CC(C)(C)c1cc(O)c(O)c(CN2CCCC2c2ccc3c(c2)OCO3)c1. The van der Waals surface area contributed by atoms with Crippen molar-refractivity contribution < 1.29 is 19.7 Å². The number of benzene rings is 2. The van der Waals surface area contributed by atoms with Gasteiger partial charge in [0.05, 0.1) is 0 Å². The first-order chi connectivity index (χ1) is 12.8. The number of aromatic hydroxyl groups is 2. The molecule has 2 aliphatic heterocycles. The number of fused-ring (bicyclic) bond motifs is 1. The summed E-state index contributed by atoms with van der Waals surface area (Å²) < 4.78 is 10.9. The van der Waals surface area contributed by atoms with Crippen molar-refractivity contribution in [3.8, 4) is 23.0 Å². The second kappa shape index (κ2) is 6.64. The first-order valence-electron chi connectivity index (χ1n) is 9.52. The largest absolute Gasteiger partial charge is 0.504 e. The molecule has 1 saturated heterocycles. The highest BCUT2D eigenvalue weighted by molar-refractivity contribution is 5.49. The van der Waals surface area contributed by atoms with E-state index >= 15 is 0 Å². The molecule has 1 fully saturated rings. The Morgan fingerprint density at radius 1 is 1.07 bits per heavy atom. The summed E-state index contributed by atoms with van der Waals surface area (Å²) in [4.78, 5) is 2.36. The molecule has 1 atom stereocenters. The zero-order valence-electron chi connectivity index (χ0n) is 16.2. The summed E-state index contributed by atoms with van der Waals surface area (Å²) in [5.74, 6) is 1.54. The number of rotatable bonds is 3. The molecule has 0 spiro atoms. The van der Waals surface area contributed by atoms with Crippen LogP contribution in [0.15, 0.2) is 30.3 Å². The van der Waals surface area contributed by atoms with Gasteiger partial charge in [0.2, 0.25) is 6.79 Å². The van der Waals surface area contributed by atoms with E-state index in [-0.39, 0.29) is 29.7 Å². The first-order valence-corrected chi connectivity index (χ1v) is 9.52. The zero-order valence-corrected chi connectivity index (χ0v) is 16.2. The Balaban J connectivity index is 1.61. The van der Waals surface area contributed by atoms with Crippen molar-refractivity contribution in [3.05, 3.63) is 47.0 Å². The molecule has 2 aromatic rings. The van der Waals surface area contributed by atoms with Gasteiger partial charge >= 0.3 is 0 Å². The average Bonchev–Trinajstić information content (AvgIpc) is 3.26. The Bertz CT molecular complexity index is 856. The van der Waals surface area contributed by atoms with Crippen LogP contribution in [-0.4, -0.2) is 28.5 Å². The molecule has 4 rings (SSSR count). The Morgan fingerprint density at radius 2 is 1.85 bits per heavy atom. The van der Waals surface area contributed by atoms with Crippen LogP contribution in [0.25, 0.3) is 0 Å². The van der Waals surface area contributed by atoms with E-state index < -0.39 is 0 Å². The third-order valence-corrected chi connectivity index (χ3v) is 5.55. The molecule has 0 saturated carbocycles. The lowest BCUT2D eigenvalue weighted by Crippen LogP contribution is -2.23. The van der Waals surface area contributed by atoms with Crippen LogP contribution in [0.3, 0.4) is 0 Å². The van der Waals surface area contributed by atoms with Gasteiger partial charge in [-0.3, -0.25) is 4.90 Å². The summed E-state index contributed by atoms with van der Waals surface area (Å²) in [5.41, 5.74) is 2.90. The fourth-order valence-corrected chi connectivity index (χ4v) is 3.96. The summed E-state index contributed by atoms with van der Waals surface area (Å²) in [6.07, 6.45) is 2.16. The summed E-state index contributed by atoms with van der Waals surface area (Å²) >= 11 is 0. The molecule has 0 bridgehead atoms. The van der Waals surface area contributed by atoms with Crippen LogP contribution in [0.2, 0.25) is 0 Å². The van der Waals surface area contributed by atoms with Crippen LogP contribution in [0.4, 0.5) is 0 Å². The highest BCUT2D eigenvalue weighted by atomic mass is 16.7. The lowest BCUT2D eigenvalue weighted by molar-refractivity contribution is 0.173. The van der Waals surface area contributed by atoms with Gasteiger partial charge in [0.1, 0.15) is 0 Å². The predicted octanol–water partition coefficient (Wildman–Crippen LogP) is 4.46. The minimum absolute atomic E-state index is 0.0145. The van der Waals surface area contributed by atoms with Crippen molar-refractivity contribution in [1.29, 1.82) is 0 Å². The number of ether oxygens (including phenoxy) is 2. The smallest absolute Gasteiger partial charge is 0.231 e. The van der Waals surface area contributed by atoms with Gasteiger partial charge in [-0.25, -0.2) is 0 Å². The third-order valence-electron chi connectivity index (χ3n) is 5.55. The maximum Gasteiger partial charge on any atom is 0.231 e. The average molecular weight is 369 g/mol. The molecular formula is C22H27NO4. The quantitative estimate of drug-likeness (QED) is 0.782. The number of nitrogens with zero attached hydrogens (tertiary/aromatic N) is 1. The molecule has 5 heteroatoms. The fraction of sp³-hybridized carbons (Fsp3) is 0.455. The maximum atomic E-state index is 10.4. The van der Waals surface area contributed by atoms with Crippen LogP contribution in [0, 0.1) is 0 Å². The number of hydrogen-bond acceptors (Lipinski definition) is 5. The van der Waals surface area contributed by atoms with E-state index in [2.05, 4.69) is 37.8 Å². The van der Waals surface area contributed by atoms with Crippen molar-refractivity contribution in [1.82, 2.24) is 4.90 Å². The van der Waals surface area contributed by atoms with Gasteiger partial charge < -0.3 is 19.7 Å². The van der Waals surface area contributed by atoms with E-state index in [0.29, 0.717) is 6.54 Å². The standard InChI is InChI=1S/C22H27NO4/c1-22(2,3)16-9-15(21(25)18(24)11-16)12-23-8-4-5-17(23)14-6-7-19-20(10-14)27-13-26-19/h6-7,9-11,17,24-25H,4-5,8,12-13H2,1-3H3. The molecule has 0 radical (unpaired) electrons. The normalized spacial score (nSPS) is 19.6. The summed E-state index contributed by atoms with van der Waals surface area (Å²) in [7, 11) is 0. The van der Waals surface area contributed by atoms with Gasteiger partial charge in [0.15, 0.2) is 23.0 Å². The summed E-state index contributed by atoms with van der Waals surface area (Å²) in [6.45, 7) is 8.15. The van der Waals surface area contributed by atoms with E-state index in [1.165, 1.54) is 5.56 Å². The highest BCUT2D eigenvalue weighted by Gasteiger charge is 2.29. The number of hydrogen-bond donors (Lipinski definition) is 2. The molecule has 2 heterocycles. The molecule has 5 nitrogen and oxygen atoms in total. The molecule has 27 heavy (non-hydrogen) atoms. The fourth-order valence-electron chi connectivity index (χ4n) is 3.96. The van der Waals surface area contributed by atoms with Crippen molar-refractivity contribution in [2.24, 2.45) is 0 Å². The molecule has 0 aliphatic carbocycles.